The van der Waals surface area contributed by atoms with E-state index in [0.29, 0.717) is 0 Å². The van der Waals surface area contributed by atoms with Crippen molar-refractivity contribution in [1.82, 2.24) is 0 Å². The molecule has 3 aromatic rings. The Kier molecular flexibility index (Phi) is 23.9. The smallest absolute Gasteiger partial charge is 0.0622 e. The van der Waals surface area contributed by atoms with Crippen molar-refractivity contribution >= 4 is 23.8 Å². The van der Waals surface area contributed by atoms with Gasteiger partial charge in [0.05, 0.1) is 0 Å². The van der Waals surface area contributed by atoms with E-state index in [9.17, 15) is 0 Å². The van der Waals surface area contributed by atoms with Crippen molar-refractivity contribution < 1.29 is 60.3 Å². The van der Waals surface area contributed by atoms with Crippen LogP contribution in [0.5, 0.6) is 0 Å². The Hall–Kier alpha value is -1.18. The van der Waals surface area contributed by atoms with Gasteiger partial charge in [0.2, 0.25) is 0 Å². The third-order valence-corrected chi connectivity index (χ3v) is 5.49. The first kappa shape index (κ1) is 30.5. The molecule has 0 aliphatic heterocycles. The summed E-state index contributed by atoms with van der Waals surface area (Å²) in [5.41, 5.74) is 0. The minimum absolute atomic E-state index is 0. The van der Waals surface area contributed by atoms with Gasteiger partial charge in [0.15, 0.2) is 0 Å². The fraction of sp³-hybridized carbons (Fsp3) is 0. The van der Waals surface area contributed by atoms with Crippen molar-refractivity contribution in [1.29, 1.82) is 0 Å². The van der Waals surface area contributed by atoms with Gasteiger partial charge >= 0.3 is 63.5 Å². The summed E-state index contributed by atoms with van der Waals surface area (Å²) in [6, 6.07) is 32.3. The Labute approximate surface area is 194 Å². The monoisotopic (exact) mass is 428 g/mol. The van der Waals surface area contributed by atoms with Crippen LogP contribution in [0.3, 0.4) is 0 Å². The zero-order valence-corrected chi connectivity index (χ0v) is 18.6. The second-order valence-corrected chi connectivity index (χ2v) is 6.56. The standard InChI is InChI=1S/C18H15P.3CO.Co.Na/c1-4-10-16(11-5-1)19(17-12-6-2-7-13-17)18-14-8-3-9-15-18;3*1-2;;/h1-15H;;;;;/q;;;;;+1. The van der Waals surface area contributed by atoms with Crippen LogP contribution in [0.15, 0.2) is 91.0 Å². The third kappa shape index (κ3) is 10.7. The van der Waals surface area contributed by atoms with E-state index in [1.165, 1.54) is 15.9 Å². The van der Waals surface area contributed by atoms with Crippen LogP contribution in [0.1, 0.15) is 0 Å². The first-order chi connectivity index (χ1) is 12.4. The molecule has 0 fully saturated rings. The van der Waals surface area contributed by atoms with Gasteiger partial charge in [-0.15, -0.1) is 0 Å². The number of rotatable bonds is 3. The van der Waals surface area contributed by atoms with E-state index < -0.39 is 7.92 Å². The summed E-state index contributed by atoms with van der Waals surface area (Å²) in [5, 5.41) is 4.19. The molecule has 0 heterocycles. The second kappa shape index (κ2) is 21.1. The largest absolute Gasteiger partial charge is 1.00 e. The molecule has 1 radical (unpaired) electrons. The van der Waals surface area contributed by atoms with Gasteiger partial charge in [-0.05, 0) is 23.8 Å². The predicted molar refractivity (Wildman–Crippen MR) is 96.9 cm³/mol. The van der Waals surface area contributed by atoms with Crippen molar-refractivity contribution in [2.45, 2.75) is 0 Å². The Morgan fingerprint density at radius 1 is 0.444 bits per heavy atom. The molecular weight excluding hydrogens is 413 g/mol. The van der Waals surface area contributed by atoms with Crippen LogP contribution >= 0.6 is 7.92 Å². The summed E-state index contributed by atoms with van der Waals surface area (Å²) < 4.78 is 22.5. The molecule has 6 heteroatoms. The average molecular weight is 428 g/mol. The Morgan fingerprint density at radius 2 is 0.630 bits per heavy atom. The van der Waals surface area contributed by atoms with Gasteiger partial charge < -0.3 is 0 Å². The molecular formula is C21H15CoNaO3P+. The van der Waals surface area contributed by atoms with E-state index in [4.69, 9.17) is 14.0 Å². The predicted octanol–water partition coefficient (Wildman–Crippen LogP) is 0.334. The van der Waals surface area contributed by atoms with Crippen molar-refractivity contribution in [3.8, 4) is 0 Å². The molecule has 27 heavy (non-hydrogen) atoms. The van der Waals surface area contributed by atoms with Crippen LogP contribution in [0.25, 0.3) is 0 Å². The zero-order chi connectivity index (χ0) is 18.9. The second-order valence-electron chi connectivity index (χ2n) is 4.34. The summed E-state index contributed by atoms with van der Waals surface area (Å²) in [5.74, 6) is 0. The molecule has 0 unspecified atom stereocenters. The molecule has 3 rings (SSSR count). The van der Waals surface area contributed by atoms with Gasteiger partial charge in [-0.25, -0.2) is 0 Å². The van der Waals surface area contributed by atoms with Crippen molar-refractivity contribution in [3.63, 3.8) is 0 Å². The number of benzene rings is 3. The first-order valence-corrected chi connectivity index (χ1v) is 8.36. The Bertz CT molecular complexity index is 655. The minimum atomic E-state index is -0.446. The van der Waals surface area contributed by atoms with E-state index in [1.807, 2.05) is 0 Å². The summed E-state index contributed by atoms with van der Waals surface area (Å²) in [4.78, 5) is 0. The van der Waals surface area contributed by atoms with Gasteiger partial charge in [-0.1, -0.05) is 91.0 Å². The summed E-state index contributed by atoms with van der Waals surface area (Å²) in [6.07, 6.45) is 0. The number of hydrogen-bond acceptors (Lipinski definition) is 0. The van der Waals surface area contributed by atoms with Crippen LogP contribution in [0, 0.1) is 20.0 Å². The molecule has 0 spiro atoms. The minimum Gasteiger partial charge on any atom is -0.0622 e. The SMILES string of the molecule is [C-]#[O+].[C-]#[O+].[C-]#[O+].[Co].[Na+].c1ccc(P(c2ccccc2)c2ccccc2)cc1. The fourth-order valence-corrected chi connectivity index (χ4v) is 4.48. The molecule has 0 N–H and O–H groups in total. The van der Waals surface area contributed by atoms with Gasteiger partial charge in [-0.3, -0.25) is 0 Å². The molecule has 131 valence electrons. The van der Waals surface area contributed by atoms with Crippen LogP contribution in [0.2, 0.25) is 0 Å². The Balaban J connectivity index is -0.000000659. The first-order valence-electron chi connectivity index (χ1n) is 7.02. The third-order valence-electron chi connectivity index (χ3n) is 3.04. The van der Waals surface area contributed by atoms with Crippen LogP contribution in [0.4, 0.5) is 0 Å². The molecule has 0 aliphatic rings. The van der Waals surface area contributed by atoms with Crippen LogP contribution < -0.4 is 45.5 Å². The van der Waals surface area contributed by atoms with Gasteiger partial charge in [0, 0.05) is 16.8 Å². The molecule has 0 aromatic heterocycles. The normalized spacial score (nSPS) is 7.67. The molecule has 0 aliphatic carbocycles. The van der Waals surface area contributed by atoms with Gasteiger partial charge in [0.25, 0.3) is 0 Å². The maximum Gasteiger partial charge on any atom is 1.00 e. The molecule has 3 nitrogen and oxygen atoms in total. The van der Waals surface area contributed by atoms with Crippen molar-refractivity contribution in [2.75, 3.05) is 0 Å². The Morgan fingerprint density at radius 3 is 0.815 bits per heavy atom. The summed E-state index contributed by atoms with van der Waals surface area (Å²) in [6.45, 7) is 13.5. The van der Waals surface area contributed by atoms with Crippen molar-refractivity contribution in [2.24, 2.45) is 0 Å². The molecule has 0 amide bonds. The molecule has 3 aromatic carbocycles. The summed E-state index contributed by atoms with van der Waals surface area (Å²) in [7, 11) is -0.446. The maximum absolute atomic E-state index is 7.50. The fourth-order valence-electron chi connectivity index (χ4n) is 2.18. The topological polar surface area (TPSA) is 59.7 Å². The molecule has 0 bridgehead atoms. The zero-order valence-electron chi connectivity index (χ0n) is 14.7. The number of hydrogen-bond donors (Lipinski definition) is 0. The van der Waals surface area contributed by atoms with E-state index >= 15 is 0 Å². The van der Waals surface area contributed by atoms with E-state index in [2.05, 4.69) is 111 Å². The van der Waals surface area contributed by atoms with Crippen LogP contribution in [-0.2, 0) is 30.7 Å². The van der Waals surface area contributed by atoms with Crippen molar-refractivity contribution in [3.05, 3.63) is 111 Å². The van der Waals surface area contributed by atoms with Crippen LogP contribution in [-0.4, -0.2) is 0 Å². The summed E-state index contributed by atoms with van der Waals surface area (Å²) >= 11 is 0. The maximum atomic E-state index is 7.50. The molecule has 0 saturated carbocycles. The molecule has 0 atom stereocenters. The average Bonchev–Trinajstić information content (AvgIpc) is 2.75. The van der Waals surface area contributed by atoms with Gasteiger partial charge in [0.1, 0.15) is 0 Å². The van der Waals surface area contributed by atoms with Gasteiger partial charge in [-0.2, -0.15) is 0 Å². The van der Waals surface area contributed by atoms with E-state index in [-0.39, 0.29) is 46.3 Å². The molecule has 0 saturated heterocycles. The van der Waals surface area contributed by atoms with E-state index in [0.717, 1.165) is 0 Å². The van der Waals surface area contributed by atoms with E-state index in [1.54, 1.807) is 0 Å². The quantitative estimate of drug-likeness (QED) is 0.250.